The van der Waals surface area contributed by atoms with Crippen molar-refractivity contribution in [2.45, 2.75) is 32.9 Å². The monoisotopic (exact) mass is 567 g/mol. The first-order valence-electron chi connectivity index (χ1n) is 13.0. The van der Waals surface area contributed by atoms with Crippen molar-refractivity contribution >= 4 is 58.0 Å². The van der Waals surface area contributed by atoms with Gasteiger partial charge in [0.1, 0.15) is 10.6 Å². The third-order valence-electron chi connectivity index (χ3n) is 5.90. The van der Waals surface area contributed by atoms with Gasteiger partial charge in [-0.3, -0.25) is 5.32 Å². The summed E-state index contributed by atoms with van der Waals surface area (Å²) in [7, 11) is 0. The molecular formula is C31H30ClN7O2. The number of hydrogen-bond acceptors (Lipinski definition) is 7. The number of hydrogen-bond donors (Lipinski definition) is 3. The molecule has 5 aromatic rings. The second kappa shape index (κ2) is 12.1. The maximum absolute atomic E-state index is 12.1. The van der Waals surface area contributed by atoms with Gasteiger partial charge in [-0.05, 0) is 50.6 Å². The van der Waals surface area contributed by atoms with Gasteiger partial charge in [-0.25, -0.2) is 15.2 Å². The predicted molar refractivity (Wildman–Crippen MR) is 165 cm³/mol. The summed E-state index contributed by atoms with van der Waals surface area (Å²) >= 11 is 6.36. The highest BCUT2D eigenvalue weighted by molar-refractivity contribution is 6.32. The minimum Gasteiger partial charge on any atom is -0.444 e. The van der Waals surface area contributed by atoms with Crippen LogP contribution < -0.4 is 16.1 Å². The number of aromatic nitrogens is 3. The highest BCUT2D eigenvalue weighted by Crippen LogP contribution is 2.26. The van der Waals surface area contributed by atoms with Gasteiger partial charge >= 0.3 is 6.09 Å². The van der Waals surface area contributed by atoms with Crippen molar-refractivity contribution in [3.8, 4) is 0 Å². The molecule has 0 spiro atoms. The fraction of sp³-hybridized carbons (Fsp3) is 0.161. The summed E-state index contributed by atoms with van der Waals surface area (Å²) in [5.74, 6) is 0.650. The van der Waals surface area contributed by atoms with E-state index >= 15 is 0 Å². The van der Waals surface area contributed by atoms with Crippen LogP contribution in [0.4, 0.5) is 27.9 Å². The zero-order chi connectivity index (χ0) is 28.8. The number of fused-ring (bicyclic) bond motifs is 1. The number of benzene rings is 3. The first-order valence-corrected chi connectivity index (χ1v) is 13.4. The molecule has 3 aromatic carbocycles. The van der Waals surface area contributed by atoms with Crippen LogP contribution in [0, 0.1) is 0 Å². The summed E-state index contributed by atoms with van der Waals surface area (Å²) in [6.45, 7) is 6.18. The lowest BCUT2D eigenvalue weighted by molar-refractivity contribution is 0.0636. The van der Waals surface area contributed by atoms with Crippen molar-refractivity contribution in [1.82, 2.24) is 14.5 Å². The van der Waals surface area contributed by atoms with Crippen molar-refractivity contribution in [2.24, 2.45) is 5.10 Å². The van der Waals surface area contributed by atoms with E-state index in [0.717, 1.165) is 23.0 Å². The number of nitrogens with zero attached hydrogens (tertiary/aromatic N) is 4. The Morgan fingerprint density at radius 1 is 1.02 bits per heavy atom. The van der Waals surface area contributed by atoms with Crippen molar-refractivity contribution in [3.05, 3.63) is 107 Å². The van der Waals surface area contributed by atoms with E-state index < -0.39 is 11.7 Å². The van der Waals surface area contributed by atoms with Crippen molar-refractivity contribution in [1.29, 1.82) is 0 Å². The molecule has 0 saturated carbocycles. The maximum Gasteiger partial charge on any atom is 0.412 e. The first kappa shape index (κ1) is 27.7. The van der Waals surface area contributed by atoms with E-state index in [1.807, 2.05) is 57.2 Å². The van der Waals surface area contributed by atoms with Gasteiger partial charge in [-0.2, -0.15) is 10.1 Å². The second-order valence-corrected chi connectivity index (χ2v) is 10.7. The summed E-state index contributed by atoms with van der Waals surface area (Å²) in [4.78, 5) is 20.8. The molecule has 0 unspecified atom stereocenters. The maximum atomic E-state index is 12.1. The summed E-state index contributed by atoms with van der Waals surface area (Å²) < 4.78 is 7.53. The number of carbonyl (C=O) groups is 1. The summed E-state index contributed by atoms with van der Waals surface area (Å²) in [5, 5.41) is 11.7. The minimum atomic E-state index is -0.598. The standard InChI is InChI=1S/C31H30ClN7O2/c1-31(2,3)41-30(40)36-24-13-9-12-23(16-24)35-28-26(32)18-33-29(37-28)38-34-17-22-20-39(19-21-10-5-4-6-11-21)27-15-8-7-14-25(22)27/h4-18,20H,19H2,1-3H3,(H,36,40)(H2,33,35,37,38)/b34-17+. The van der Waals surface area contributed by atoms with Crippen LogP contribution in [0.25, 0.3) is 10.9 Å². The third kappa shape index (κ3) is 7.40. The molecule has 5 rings (SSSR count). The highest BCUT2D eigenvalue weighted by atomic mass is 35.5. The summed E-state index contributed by atoms with van der Waals surface area (Å²) in [5.41, 5.74) is 6.83. The number of hydrazone groups is 1. The quantitative estimate of drug-likeness (QED) is 0.131. The molecule has 9 nitrogen and oxygen atoms in total. The fourth-order valence-corrected chi connectivity index (χ4v) is 4.33. The minimum absolute atomic E-state index is 0.268. The molecule has 0 saturated heterocycles. The van der Waals surface area contributed by atoms with E-state index in [1.165, 1.54) is 11.8 Å². The van der Waals surface area contributed by atoms with E-state index in [-0.39, 0.29) is 5.95 Å². The Morgan fingerprint density at radius 2 is 1.78 bits per heavy atom. The number of amides is 1. The number of nitrogens with one attached hydrogen (secondary N) is 3. The molecule has 0 bridgehead atoms. The van der Waals surface area contributed by atoms with Gasteiger partial charge < -0.3 is 14.6 Å². The molecule has 3 N–H and O–H groups in total. The molecule has 0 radical (unpaired) electrons. The lowest BCUT2D eigenvalue weighted by Gasteiger charge is -2.19. The van der Waals surface area contributed by atoms with Gasteiger partial charge in [0.05, 0.1) is 12.4 Å². The van der Waals surface area contributed by atoms with E-state index in [9.17, 15) is 4.79 Å². The summed E-state index contributed by atoms with van der Waals surface area (Å²) in [6.07, 6.45) is 4.78. The largest absolute Gasteiger partial charge is 0.444 e. The molecular weight excluding hydrogens is 538 g/mol. The van der Waals surface area contributed by atoms with Gasteiger partial charge in [0.2, 0.25) is 5.95 Å². The molecule has 0 fully saturated rings. The van der Waals surface area contributed by atoms with Gasteiger partial charge in [0, 0.05) is 40.6 Å². The lowest BCUT2D eigenvalue weighted by Crippen LogP contribution is -2.27. The van der Waals surface area contributed by atoms with Crippen LogP contribution in [0.5, 0.6) is 0 Å². The molecule has 0 aliphatic heterocycles. The highest BCUT2D eigenvalue weighted by Gasteiger charge is 2.16. The number of para-hydroxylation sites is 1. The zero-order valence-corrected chi connectivity index (χ0v) is 23.7. The topological polar surface area (TPSA) is 105 Å². The molecule has 0 aliphatic rings. The normalized spacial score (nSPS) is 11.5. The van der Waals surface area contributed by atoms with Crippen LogP contribution in [0.15, 0.2) is 96.4 Å². The Hall–Kier alpha value is -4.89. The van der Waals surface area contributed by atoms with Crippen molar-refractivity contribution < 1.29 is 9.53 Å². The van der Waals surface area contributed by atoms with Gasteiger partial charge in [0.25, 0.3) is 0 Å². The number of halogens is 1. The fourth-order valence-electron chi connectivity index (χ4n) is 4.19. The average Bonchev–Trinajstić information content (AvgIpc) is 3.27. The molecule has 2 heterocycles. The molecule has 208 valence electrons. The van der Waals surface area contributed by atoms with Gasteiger partial charge in [-0.15, -0.1) is 0 Å². The lowest BCUT2D eigenvalue weighted by atomic mass is 10.2. The Labute approximate surface area is 243 Å². The van der Waals surface area contributed by atoms with Crippen LogP contribution in [0.2, 0.25) is 5.02 Å². The SMILES string of the molecule is CC(C)(C)OC(=O)Nc1cccc(Nc2nc(N/N=C/c3cn(Cc4ccccc4)c4ccccc34)ncc2Cl)c1. The molecule has 0 atom stereocenters. The predicted octanol–water partition coefficient (Wildman–Crippen LogP) is 7.67. The first-order chi connectivity index (χ1) is 19.7. The van der Waals surface area contributed by atoms with E-state index in [0.29, 0.717) is 22.2 Å². The van der Waals surface area contributed by atoms with Crippen molar-refractivity contribution in [2.75, 3.05) is 16.1 Å². The number of rotatable bonds is 8. The smallest absolute Gasteiger partial charge is 0.412 e. The molecule has 1 amide bonds. The van der Waals surface area contributed by atoms with Crippen LogP contribution in [0.1, 0.15) is 31.9 Å². The second-order valence-electron chi connectivity index (χ2n) is 10.3. The molecule has 10 heteroatoms. The Bertz CT molecular complexity index is 1690. The zero-order valence-electron chi connectivity index (χ0n) is 22.9. The average molecular weight is 568 g/mol. The van der Waals surface area contributed by atoms with Gasteiger partial charge in [0.15, 0.2) is 5.82 Å². The van der Waals surface area contributed by atoms with Crippen LogP contribution in [-0.4, -0.2) is 32.4 Å². The molecule has 2 aromatic heterocycles. The third-order valence-corrected chi connectivity index (χ3v) is 6.17. The van der Waals surface area contributed by atoms with Gasteiger partial charge in [-0.1, -0.05) is 66.2 Å². The van der Waals surface area contributed by atoms with E-state index in [2.05, 4.69) is 66.2 Å². The van der Waals surface area contributed by atoms with Crippen molar-refractivity contribution in [3.63, 3.8) is 0 Å². The summed E-state index contributed by atoms with van der Waals surface area (Å²) in [6, 6.07) is 25.7. The number of anilines is 4. The Kier molecular flexibility index (Phi) is 8.16. The number of carbonyl (C=O) groups excluding carboxylic acids is 1. The molecule has 41 heavy (non-hydrogen) atoms. The van der Waals surface area contributed by atoms with Crippen LogP contribution in [0.3, 0.4) is 0 Å². The Balaban J connectivity index is 1.28. The number of ether oxygens (including phenoxy) is 1. The van der Waals surface area contributed by atoms with Crippen LogP contribution >= 0.6 is 11.6 Å². The molecule has 0 aliphatic carbocycles. The van der Waals surface area contributed by atoms with E-state index in [1.54, 1.807) is 24.4 Å². The Morgan fingerprint density at radius 3 is 2.59 bits per heavy atom. The van der Waals surface area contributed by atoms with Crippen LogP contribution in [-0.2, 0) is 11.3 Å². The van der Waals surface area contributed by atoms with E-state index in [4.69, 9.17) is 16.3 Å².